The van der Waals surface area contributed by atoms with Gasteiger partial charge in [0, 0.05) is 6.04 Å². The van der Waals surface area contributed by atoms with Gasteiger partial charge in [-0.1, -0.05) is 29.8 Å². The smallest absolute Gasteiger partial charge is 0.319 e. The molecule has 1 unspecified atom stereocenters. The van der Waals surface area contributed by atoms with E-state index in [1.54, 1.807) is 0 Å². The first kappa shape index (κ1) is 11.7. The summed E-state index contributed by atoms with van der Waals surface area (Å²) in [5.41, 5.74) is 2.41. The maximum absolute atomic E-state index is 10.9. The molecule has 0 saturated carbocycles. The lowest BCUT2D eigenvalue weighted by molar-refractivity contribution is -0.139. The zero-order valence-electron chi connectivity index (χ0n) is 9.41. The molecule has 1 atom stereocenters. The number of carbonyl (C=O) groups is 1. The summed E-state index contributed by atoms with van der Waals surface area (Å²) in [6.07, 6.45) is 0. The molecule has 0 spiro atoms. The van der Waals surface area contributed by atoms with Gasteiger partial charge >= 0.3 is 5.97 Å². The Labute approximate surface area is 90.4 Å². The molecule has 1 rings (SSSR count). The fourth-order valence-electron chi connectivity index (χ4n) is 1.28. The van der Waals surface area contributed by atoms with E-state index >= 15 is 0 Å². The Hall–Kier alpha value is -1.35. The number of aryl methyl sites for hydroxylation is 1. The molecule has 0 aliphatic carbocycles. The van der Waals surface area contributed by atoms with Crippen LogP contribution in [0.2, 0.25) is 0 Å². The molecule has 3 nitrogen and oxygen atoms in total. The number of ether oxygens (including phenoxy) is 1. The van der Waals surface area contributed by atoms with Gasteiger partial charge in [-0.25, -0.2) is 0 Å². The van der Waals surface area contributed by atoms with Crippen molar-refractivity contribution in [3.8, 4) is 0 Å². The van der Waals surface area contributed by atoms with E-state index in [9.17, 15) is 4.79 Å². The predicted octanol–water partition coefficient (Wildman–Crippen LogP) is 1.82. The lowest BCUT2D eigenvalue weighted by atomic mass is 10.1. The summed E-state index contributed by atoms with van der Waals surface area (Å²) in [6.45, 7) is 4.31. The third-order valence-corrected chi connectivity index (χ3v) is 2.36. The molecular formula is C12H17NO2. The summed E-state index contributed by atoms with van der Waals surface area (Å²) in [7, 11) is 1.39. The van der Waals surface area contributed by atoms with Crippen LogP contribution in [0.1, 0.15) is 24.1 Å². The molecule has 0 radical (unpaired) electrons. The van der Waals surface area contributed by atoms with E-state index < -0.39 is 0 Å². The van der Waals surface area contributed by atoms with Crippen LogP contribution in [-0.4, -0.2) is 19.6 Å². The van der Waals surface area contributed by atoms with Gasteiger partial charge in [0.2, 0.25) is 0 Å². The van der Waals surface area contributed by atoms with Gasteiger partial charge in [-0.3, -0.25) is 4.79 Å². The van der Waals surface area contributed by atoms with Gasteiger partial charge in [-0.15, -0.1) is 0 Å². The van der Waals surface area contributed by atoms with Crippen molar-refractivity contribution >= 4 is 5.97 Å². The standard InChI is InChI=1S/C12H17NO2/c1-9-4-6-11(7-5-9)10(2)13-8-12(14)15-3/h4-7,10,13H,8H2,1-3H3. The lowest BCUT2D eigenvalue weighted by Crippen LogP contribution is -2.26. The van der Waals surface area contributed by atoms with Crippen molar-refractivity contribution in [3.63, 3.8) is 0 Å². The van der Waals surface area contributed by atoms with Gasteiger partial charge < -0.3 is 10.1 Å². The summed E-state index contributed by atoms with van der Waals surface area (Å²) in [5.74, 6) is -0.242. The number of hydrogen-bond donors (Lipinski definition) is 1. The number of rotatable bonds is 4. The normalized spacial score (nSPS) is 12.2. The van der Waals surface area contributed by atoms with Crippen molar-refractivity contribution in [2.45, 2.75) is 19.9 Å². The van der Waals surface area contributed by atoms with Gasteiger partial charge in [0.05, 0.1) is 13.7 Å². The Kier molecular flexibility index (Phi) is 4.31. The molecule has 0 amide bonds. The number of esters is 1. The highest BCUT2D eigenvalue weighted by molar-refractivity contribution is 5.71. The van der Waals surface area contributed by atoms with Crippen molar-refractivity contribution in [2.24, 2.45) is 0 Å². The Morgan fingerprint density at radius 3 is 2.53 bits per heavy atom. The minimum absolute atomic E-state index is 0.157. The highest BCUT2D eigenvalue weighted by atomic mass is 16.5. The van der Waals surface area contributed by atoms with Gasteiger partial charge in [0.25, 0.3) is 0 Å². The second-order valence-corrected chi connectivity index (χ2v) is 3.59. The van der Waals surface area contributed by atoms with Gasteiger partial charge in [0.1, 0.15) is 0 Å². The molecule has 0 aliphatic heterocycles. The highest BCUT2D eigenvalue weighted by Gasteiger charge is 2.06. The molecule has 0 aliphatic rings. The van der Waals surface area contributed by atoms with E-state index in [4.69, 9.17) is 0 Å². The van der Waals surface area contributed by atoms with Crippen molar-refractivity contribution in [2.75, 3.05) is 13.7 Å². The second kappa shape index (κ2) is 5.51. The van der Waals surface area contributed by atoms with E-state index in [0.29, 0.717) is 0 Å². The molecule has 1 aromatic rings. The first-order chi connectivity index (χ1) is 7.13. The molecule has 1 aromatic carbocycles. The molecule has 0 heterocycles. The van der Waals surface area contributed by atoms with Crippen LogP contribution in [0.5, 0.6) is 0 Å². The first-order valence-corrected chi connectivity index (χ1v) is 5.00. The van der Waals surface area contributed by atoms with Crippen molar-refractivity contribution in [1.29, 1.82) is 0 Å². The van der Waals surface area contributed by atoms with Gasteiger partial charge in [-0.2, -0.15) is 0 Å². The zero-order chi connectivity index (χ0) is 11.3. The van der Waals surface area contributed by atoms with Crippen LogP contribution in [-0.2, 0) is 9.53 Å². The predicted molar refractivity (Wildman–Crippen MR) is 59.6 cm³/mol. The number of benzene rings is 1. The van der Waals surface area contributed by atoms with E-state index in [1.165, 1.54) is 18.2 Å². The van der Waals surface area contributed by atoms with E-state index in [0.717, 1.165) is 0 Å². The Morgan fingerprint density at radius 1 is 1.40 bits per heavy atom. The summed E-state index contributed by atoms with van der Waals surface area (Å²) < 4.78 is 4.55. The Bertz CT molecular complexity index is 319. The fraction of sp³-hybridized carbons (Fsp3) is 0.417. The van der Waals surface area contributed by atoms with Crippen LogP contribution >= 0.6 is 0 Å². The molecule has 1 N–H and O–H groups in total. The fourth-order valence-corrected chi connectivity index (χ4v) is 1.28. The maximum Gasteiger partial charge on any atom is 0.319 e. The SMILES string of the molecule is COC(=O)CNC(C)c1ccc(C)cc1. The lowest BCUT2D eigenvalue weighted by Gasteiger charge is -2.13. The molecule has 0 aromatic heterocycles. The average Bonchev–Trinajstić information content (AvgIpc) is 2.26. The maximum atomic E-state index is 10.9. The van der Waals surface area contributed by atoms with Gasteiger partial charge in [0.15, 0.2) is 0 Å². The van der Waals surface area contributed by atoms with Gasteiger partial charge in [-0.05, 0) is 19.4 Å². The largest absolute Gasteiger partial charge is 0.468 e. The van der Waals surface area contributed by atoms with Crippen LogP contribution in [0.15, 0.2) is 24.3 Å². The van der Waals surface area contributed by atoms with Crippen LogP contribution < -0.4 is 5.32 Å². The third-order valence-electron chi connectivity index (χ3n) is 2.36. The summed E-state index contributed by atoms with van der Waals surface area (Å²) in [6, 6.07) is 8.40. The molecule has 0 bridgehead atoms. The Balaban J connectivity index is 2.50. The summed E-state index contributed by atoms with van der Waals surface area (Å²) in [4.78, 5) is 10.9. The minimum atomic E-state index is -0.242. The Morgan fingerprint density at radius 2 is 2.00 bits per heavy atom. The summed E-state index contributed by atoms with van der Waals surface area (Å²) >= 11 is 0. The van der Waals surface area contributed by atoms with Crippen molar-refractivity contribution in [1.82, 2.24) is 5.32 Å². The van der Waals surface area contributed by atoms with Crippen LogP contribution in [0.25, 0.3) is 0 Å². The quantitative estimate of drug-likeness (QED) is 0.765. The molecule has 0 saturated heterocycles. The molecule has 3 heteroatoms. The van der Waals surface area contributed by atoms with Crippen molar-refractivity contribution < 1.29 is 9.53 Å². The first-order valence-electron chi connectivity index (χ1n) is 5.00. The van der Waals surface area contributed by atoms with Crippen LogP contribution in [0, 0.1) is 6.92 Å². The average molecular weight is 207 g/mol. The van der Waals surface area contributed by atoms with Crippen LogP contribution in [0.4, 0.5) is 0 Å². The minimum Gasteiger partial charge on any atom is -0.468 e. The molecule has 82 valence electrons. The van der Waals surface area contributed by atoms with Crippen LogP contribution in [0.3, 0.4) is 0 Å². The topological polar surface area (TPSA) is 38.3 Å². The zero-order valence-corrected chi connectivity index (χ0v) is 9.41. The summed E-state index contributed by atoms with van der Waals surface area (Å²) in [5, 5.41) is 3.09. The molecular weight excluding hydrogens is 190 g/mol. The second-order valence-electron chi connectivity index (χ2n) is 3.59. The highest BCUT2D eigenvalue weighted by Crippen LogP contribution is 2.12. The third kappa shape index (κ3) is 3.72. The molecule has 15 heavy (non-hydrogen) atoms. The number of carbonyl (C=O) groups excluding carboxylic acids is 1. The monoisotopic (exact) mass is 207 g/mol. The van der Waals surface area contributed by atoms with Crippen molar-refractivity contribution in [3.05, 3.63) is 35.4 Å². The molecule has 0 fully saturated rings. The van der Waals surface area contributed by atoms with E-state index in [2.05, 4.69) is 41.2 Å². The number of nitrogens with one attached hydrogen (secondary N) is 1. The number of methoxy groups -OCH3 is 1. The van der Waals surface area contributed by atoms with E-state index in [1.807, 2.05) is 6.92 Å². The van der Waals surface area contributed by atoms with E-state index in [-0.39, 0.29) is 18.6 Å². The number of hydrogen-bond acceptors (Lipinski definition) is 3.